The van der Waals surface area contributed by atoms with E-state index in [-0.39, 0.29) is 5.91 Å². The molecule has 0 aliphatic carbocycles. The second-order valence-electron chi connectivity index (χ2n) is 4.49. The van der Waals surface area contributed by atoms with E-state index < -0.39 is 17.7 Å². The number of hydrogen-bond acceptors (Lipinski definition) is 2. The summed E-state index contributed by atoms with van der Waals surface area (Å²) >= 11 is 0. The quantitative estimate of drug-likeness (QED) is 0.748. The highest BCUT2D eigenvalue weighted by Crippen LogP contribution is 2.13. The van der Waals surface area contributed by atoms with Crippen LogP contribution in [0.2, 0.25) is 0 Å². The van der Waals surface area contributed by atoms with Gasteiger partial charge in [-0.05, 0) is 25.5 Å². The van der Waals surface area contributed by atoms with Crippen LogP contribution in [0.3, 0.4) is 0 Å². The Labute approximate surface area is 112 Å². The molecule has 1 rings (SSSR count). The third kappa shape index (κ3) is 5.24. The fourth-order valence-corrected chi connectivity index (χ4v) is 1.64. The highest BCUT2D eigenvalue weighted by atomic mass is 19.2. The Kier molecular flexibility index (Phi) is 6.25. The Balaban J connectivity index is 2.42. The third-order valence-corrected chi connectivity index (χ3v) is 2.78. The Hall–Kier alpha value is -1.65. The van der Waals surface area contributed by atoms with Crippen molar-refractivity contribution in [1.82, 2.24) is 5.32 Å². The Morgan fingerprint density at radius 1 is 1.26 bits per heavy atom. The number of amides is 1. The summed E-state index contributed by atoms with van der Waals surface area (Å²) in [5.74, 6) is -1.98. The molecule has 1 aromatic rings. The molecule has 0 bridgehead atoms. The molecule has 0 aliphatic rings. The lowest BCUT2D eigenvalue weighted by Crippen LogP contribution is -2.38. The number of halogens is 2. The van der Waals surface area contributed by atoms with Crippen molar-refractivity contribution in [3.63, 3.8) is 0 Å². The zero-order chi connectivity index (χ0) is 14.3. The van der Waals surface area contributed by atoms with E-state index in [1.807, 2.05) is 0 Å². The largest absolute Gasteiger partial charge is 0.374 e. The molecule has 1 amide bonds. The number of benzene rings is 1. The van der Waals surface area contributed by atoms with Crippen LogP contribution >= 0.6 is 0 Å². The first kappa shape index (κ1) is 15.4. The standard InChI is InChI=1S/C14H20F2N2O/c1-3-4-5-8-17-14(19)10(2)18-11-6-7-12(15)13(16)9-11/h6-7,9-10,18H,3-5,8H2,1-2H3,(H,17,19). The highest BCUT2D eigenvalue weighted by Gasteiger charge is 2.12. The third-order valence-electron chi connectivity index (χ3n) is 2.78. The normalized spacial score (nSPS) is 12.0. The first-order chi connectivity index (χ1) is 9.04. The lowest BCUT2D eigenvalue weighted by Gasteiger charge is -2.15. The van der Waals surface area contributed by atoms with E-state index in [1.54, 1.807) is 6.92 Å². The van der Waals surface area contributed by atoms with Gasteiger partial charge in [-0.25, -0.2) is 8.78 Å². The van der Waals surface area contributed by atoms with Crippen molar-refractivity contribution in [2.45, 2.75) is 39.2 Å². The number of hydrogen-bond donors (Lipinski definition) is 2. The number of carbonyl (C=O) groups excluding carboxylic acids is 1. The molecule has 0 fully saturated rings. The Morgan fingerprint density at radius 3 is 2.63 bits per heavy atom. The molecular weight excluding hydrogens is 250 g/mol. The van der Waals surface area contributed by atoms with E-state index in [0.717, 1.165) is 31.4 Å². The monoisotopic (exact) mass is 270 g/mol. The summed E-state index contributed by atoms with van der Waals surface area (Å²) in [5.41, 5.74) is 0.384. The number of anilines is 1. The average Bonchev–Trinajstić information content (AvgIpc) is 2.38. The molecule has 0 spiro atoms. The van der Waals surface area contributed by atoms with Crippen LogP contribution in [0.15, 0.2) is 18.2 Å². The fourth-order valence-electron chi connectivity index (χ4n) is 1.64. The minimum absolute atomic E-state index is 0.152. The molecule has 1 atom stereocenters. The summed E-state index contributed by atoms with van der Waals surface area (Å²) in [6.07, 6.45) is 3.12. The molecule has 2 N–H and O–H groups in total. The van der Waals surface area contributed by atoms with Gasteiger partial charge >= 0.3 is 0 Å². The van der Waals surface area contributed by atoms with Crippen LogP contribution in [0.1, 0.15) is 33.1 Å². The van der Waals surface area contributed by atoms with Crippen molar-refractivity contribution in [3.8, 4) is 0 Å². The van der Waals surface area contributed by atoms with Crippen LogP contribution in [-0.2, 0) is 4.79 Å². The summed E-state index contributed by atoms with van der Waals surface area (Å²) < 4.78 is 25.8. The number of rotatable bonds is 7. The predicted octanol–water partition coefficient (Wildman–Crippen LogP) is 3.07. The number of nitrogens with one attached hydrogen (secondary N) is 2. The number of unbranched alkanes of at least 4 members (excludes halogenated alkanes) is 2. The van der Waals surface area contributed by atoms with Gasteiger partial charge in [0.1, 0.15) is 6.04 Å². The lowest BCUT2D eigenvalue weighted by atomic mass is 10.2. The van der Waals surface area contributed by atoms with E-state index in [4.69, 9.17) is 0 Å². The maximum absolute atomic E-state index is 13.0. The molecule has 0 radical (unpaired) electrons. The van der Waals surface area contributed by atoms with E-state index in [1.165, 1.54) is 6.07 Å². The fraction of sp³-hybridized carbons (Fsp3) is 0.500. The summed E-state index contributed by atoms with van der Waals surface area (Å²) in [5, 5.41) is 5.63. The van der Waals surface area contributed by atoms with Crippen LogP contribution < -0.4 is 10.6 Å². The molecule has 5 heteroatoms. The van der Waals surface area contributed by atoms with Gasteiger partial charge in [0.05, 0.1) is 0 Å². The molecule has 0 saturated heterocycles. The van der Waals surface area contributed by atoms with Crippen molar-refractivity contribution in [2.24, 2.45) is 0 Å². The molecule has 19 heavy (non-hydrogen) atoms. The molecule has 0 saturated carbocycles. The van der Waals surface area contributed by atoms with Crippen LogP contribution in [0, 0.1) is 11.6 Å². The first-order valence-electron chi connectivity index (χ1n) is 6.54. The van der Waals surface area contributed by atoms with Gasteiger partial charge in [-0.3, -0.25) is 4.79 Å². The van der Waals surface area contributed by atoms with Gasteiger partial charge in [0, 0.05) is 18.3 Å². The minimum atomic E-state index is -0.930. The first-order valence-corrected chi connectivity index (χ1v) is 6.54. The summed E-state index contributed by atoms with van der Waals surface area (Å²) in [6, 6.07) is 2.98. The smallest absolute Gasteiger partial charge is 0.242 e. The van der Waals surface area contributed by atoms with Crippen LogP contribution in [-0.4, -0.2) is 18.5 Å². The maximum atomic E-state index is 13.0. The Morgan fingerprint density at radius 2 is 2.00 bits per heavy atom. The lowest BCUT2D eigenvalue weighted by molar-refractivity contribution is -0.121. The molecule has 0 aliphatic heterocycles. The average molecular weight is 270 g/mol. The zero-order valence-electron chi connectivity index (χ0n) is 11.3. The predicted molar refractivity (Wildman–Crippen MR) is 72.0 cm³/mol. The van der Waals surface area contributed by atoms with Crippen molar-refractivity contribution < 1.29 is 13.6 Å². The van der Waals surface area contributed by atoms with Gasteiger partial charge in [0.25, 0.3) is 0 Å². The van der Waals surface area contributed by atoms with Crippen molar-refractivity contribution in [2.75, 3.05) is 11.9 Å². The van der Waals surface area contributed by atoms with E-state index in [2.05, 4.69) is 17.6 Å². The summed E-state index contributed by atoms with van der Waals surface area (Å²) in [7, 11) is 0. The van der Waals surface area contributed by atoms with Crippen LogP contribution in [0.4, 0.5) is 14.5 Å². The van der Waals surface area contributed by atoms with Crippen molar-refractivity contribution in [1.29, 1.82) is 0 Å². The molecular formula is C14H20F2N2O. The van der Waals surface area contributed by atoms with Gasteiger partial charge in [0.15, 0.2) is 11.6 Å². The second-order valence-corrected chi connectivity index (χ2v) is 4.49. The van der Waals surface area contributed by atoms with Gasteiger partial charge in [-0.2, -0.15) is 0 Å². The topological polar surface area (TPSA) is 41.1 Å². The van der Waals surface area contributed by atoms with Crippen LogP contribution in [0.25, 0.3) is 0 Å². The zero-order valence-corrected chi connectivity index (χ0v) is 11.3. The summed E-state index contributed by atoms with van der Waals surface area (Å²) in [6.45, 7) is 4.40. The highest BCUT2D eigenvalue weighted by molar-refractivity contribution is 5.84. The molecule has 1 aromatic carbocycles. The van der Waals surface area contributed by atoms with E-state index in [0.29, 0.717) is 12.2 Å². The van der Waals surface area contributed by atoms with E-state index in [9.17, 15) is 13.6 Å². The van der Waals surface area contributed by atoms with Gasteiger partial charge in [-0.15, -0.1) is 0 Å². The van der Waals surface area contributed by atoms with Gasteiger partial charge in [-0.1, -0.05) is 19.8 Å². The minimum Gasteiger partial charge on any atom is -0.374 e. The van der Waals surface area contributed by atoms with E-state index >= 15 is 0 Å². The molecule has 3 nitrogen and oxygen atoms in total. The van der Waals surface area contributed by atoms with Gasteiger partial charge in [0.2, 0.25) is 5.91 Å². The Bertz CT molecular complexity index is 424. The summed E-state index contributed by atoms with van der Waals surface area (Å²) in [4.78, 5) is 11.7. The number of carbonyl (C=O) groups is 1. The molecule has 0 heterocycles. The molecule has 0 aromatic heterocycles. The van der Waals surface area contributed by atoms with Crippen molar-refractivity contribution in [3.05, 3.63) is 29.8 Å². The second kappa shape index (κ2) is 7.71. The maximum Gasteiger partial charge on any atom is 0.242 e. The van der Waals surface area contributed by atoms with Crippen molar-refractivity contribution >= 4 is 11.6 Å². The SMILES string of the molecule is CCCCCNC(=O)C(C)Nc1ccc(F)c(F)c1. The molecule has 106 valence electrons. The van der Waals surface area contributed by atoms with Gasteiger partial charge < -0.3 is 10.6 Å². The van der Waals surface area contributed by atoms with Crippen LogP contribution in [0.5, 0.6) is 0 Å². The molecule has 1 unspecified atom stereocenters.